The van der Waals surface area contributed by atoms with Crippen LogP contribution in [0.15, 0.2) is 48.6 Å². The molecule has 2 unspecified atom stereocenters. The Balaban J connectivity index is 1.67. The van der Waals surface area contributed by atoms with Gasteiger partial charge in [-0.15, -0.1) is 0 Å². The van der Waals surface area contributed by atoms with E-state index in [0.29, 0.717) is 52.0 Å². The normalized spacial score (nSPS) is 17.3. The number of rotatable bonds is 40. The fourth-order valence-corrected chi connectivity index (χ4v) is 8.63. The van der Waals surface area contributed by atoms with Gasteiger partial charge >= 0.3 is 5.97 Å². The lowest BCUT2D eigenvalue weighted by atomic mass is 9.94. The summed E-state index contributed by atoms with van der Waals surface area (Å²) in [5.74, 6) is -0.409. The zero-order valence-corrected chi connectivity index (χ0v) is 41.8. The van der Waals surface area contributed by atoms with Crippen molar-refractivity contribution in [2.45, 2.75) is 218 Å². The van der Waals surface area contributed by atoms with E-state index < -0.39 is 5.79 Å². The number of carbonyl (C=O) groups excluding carboxylic acids is 2. The van der Waals surface area contributed by atoms with E-state index in [1.165, 1.54) is 116 Å². The van der Waals surface area contributed by atoms with Crippen LogP contribution in [-0.2, 0) is 23.8 Å². The monoisotopic (exact) mass is 882 g/mol. The summed E-state index contributed by atoms with van der Waals surface area (Å²) in [5, 5.41) is 0. The van der Waals surface area contributed by atoms with Gasteiger partial charge in [0.1, 0.15) is 0 Å². The SMILES string of the molecule is CCCCC/C=C\C/C=C\CCCCCCCCC(CCCCCCC/C=C\C/C=C\CCCCC)C(=O)OCCC1COC2(CCN(C(=O)CCCN(C)CCN(C)C)CC2)O1. The van der Waals surface area contributed by atoms with Crippen LogP contribution in [0, 0.1) is 5.92 Å². The highest BCUT2D eigenvalue weighted by Crippen LogP contribution is 2.35. The van der Waals surface area contributed by atoms with Crippen LogP contribution < -0.4 is 0 Å². The molecule has 0 aromatic rings. The molecule has 364 valence electrons. The average Bonchev–Trinajstić information content (AvgIpc) is 3.67. The van der Waals surface area contributed by atoms with Gasteiger partial charge in [-0.05, 0) is 111 Å². The standard InChI is InChI=1S/C55H99N3O5/c1-6-8-10-12-14-16-18-20-22-24-26-28-30-32-34-36-39-51(38-35-33-31-29-27-25-23-21-19-17-15-13-11-9-7-2)54(60)61-49-41-52-50-62-55(63-52)42-45-58(46-43-55)53(59)40-37-44-57(5)48-47-56(3)4/h14-17,20-23,51-52H,6-13,18-19,24-50H2,1-5H3/b16-14-,17-15-,22-20-,23-21-. The van der Waals surface area contributed by atoms with Crippen LogP contribution in [0.3, 0.4) is 0 Å². The number of ether oxygens (including phenoxy) is 3. The fourth-order valence-electron chi connectivity index (χ4n) is 8.63. The fraction of sp³-hybridized carbons (Fsp3) is 0.818. The van der Waals surface area contributed by atoms with Crippen molar-refractivity contribution in [3.8, 4) is 0 Å². The third-order valence-corrected chi connectivity index (χ3v) is 12.9. The second-order valence-electron chi connectivity index (χ2n) is 19.1. The van der Waals surface area contributed by atoms with E-state index in [1.54, 1.807) is 0 Å². The molecule has 2 rings (SSSR count). The van der Waals surface area contributed by atoms with Gasteiger partial charge in [0.2, 0.25) is 5.91 Å². The van der Waals surface area contributed by atoms with Gasteiger partial charge in [-0.2, -0.15) is 0 Å². The van der Waals surface area contributed by atoms with Crippen LogP contribution in [0.4, 0.5) is 0 Å². The van der Waals surface area contributed by atoms with E-state index in [9.17, 15) is 9.59 Å². The number of nitrogens with zero attached hydrogens (tertiary/aromatic N) is 3. The predicted molar refractivity (Wildman–Crippen MR) is 267 cm³/mol. The maximum absolute atomic E-state index is 13.5. The summed E-state index contributed by atoms with van der Waals surface area (Å²) >= 11 is 0. The van der Waals surface area contributed by atoms with Gasteiger partial charge in [-0.3, -0.25) is 9.59 Å². The maximum atomic E-state index is 13.5. The minimum atomic E-state index is -0.608. The molecule has 8 nitrogen and oxygen atoms in total. The quantitative estimate of drug-likeness (QED) is 0.0345. The maximum Gasteiger partial charge on any atom is 0.308 e. The third kappa shape index (κ3) is 30.6. The first-order chi connectivity index (χ1) is 30.8. The molecule has 2 aliphatic rings. The van der Waals surface area contributed by atoms with Crippen molar-refractivity contribution in [3.63, 3.8) is 0 Å². The number of piperidine rings is 1. The molecule has 2 saturated heterocycles. The Hall–Kier alpha value is -2.26. The number of allylic oxidation sites excluding steroid dienone is 8. The predicted octanol–water partition coefficient (Wildman–Crippen LogP) is 13.6. The molecule has 0 N–H and O–H groups in total. The molecule has 0 radical (unpaired) electrons. The zero-order chi connectivity index (χ0) is 45.5. The Kier molecular flexibility index (Phi) is 35.2. The Morgan fingerprint density at radius 2 is 1.13 bits per heavy atom. The first-order valence-corrected chi connectivity index (χ1v) is 26.5. The molecule has 0 aliphatic carbocycles. The second-order valence-corrected chi connectivity index (χ2v) is 19.1. The topological polar surface area (TPSA) is 71.6 Å². The van der Waals surface area contributed by atoms with Crippen LogP contribution in [-0.4, -0.2) is 106 Å². The average molecular weight is 882 g/mol. The van der Waals surface area contributed by atoms with Gasteiger partial charge in [-0.1, -0.05) is 146 Å². The summed E-state index contributed by atoms with van der Waals surface area (Å²) in [4.78, 5) is 32.9. The van der Waals surface area contributed by atoms with Gasteiger partial charge in [0.15, 0.2) is 5.79 Å². The van der Waals surface area contributed by atoms with Crippen molar-refractivity contribution in [2.75, 3.05) is 67.1 Å². The summed E-state index contributed by atoms with van der Waals surface area (Å²) < 4.78 is 18.7. The molecule has 2 fully saturated rings. The van der Waals surface area contributed by atoms with Crippen molar-refractivity contribution in [3.05, 3.63) is 48.6 Å². The van der Waals surface area contributed by atoms with Crippen LogP contribution in [0.1, 0.15) is 206 Å². The number of hydrogen-bond acceptors (Lipinski definition) is 7. The Morgan fingerprint density at radius 3 is 1.63 bits per heavy atom. The molecule has 1 amide bonds. The molecule has 8 heteroatoms. The van der Waals surface area contributed by atoms with E-state index in [1.807, 2.05) is 4.90 Å². The molecule has 2 atom stereocenters. The van der Waals surface area contributed by atoms with E-state index in [2.05, 4.69) is 93.4 Å². The minimum absolute atomic E-state index is 0.0128. The lowest BCUT2D eigenvalue weighted by molar-refractivity contribution is -0.197. The highest BCUT2D eigenvalue weighted by Gasteiger charge is 2.44. The first-order valence-electron chi connectivity index (χ1n) is 26.5. The number of amides is 1. The molecule has 0 saturated carbocycles. The number of likely N-dealkylation sites (N-methyl/N-ethyl adjacent to an activating group) is 2. The summed E-state index contributed by atoms with van der Waals surface area (Å²) in [7, 11) is 6.30. The summed E-state index contributed by atoms with van der Waals surface area (Å²) in [6.45, 7) is 9.71. The van der Waals surface area contributed by atoms with Crippen LogP contribution in [0.25, 0.3) is 0 Å². The molecule has 63 heavy (non-hydrogen) atoms. The van der Waals surface area contributed by atoms with Gasteiger partial charge in [0, 0.05) is 51.9 Å². The molecule has 0 bridgehead atoms. The molecule has 2 aliphatic heterocycles. The molecule has 0 aromatic heterocycles. The number of hydrogen-bond donors (Lipinski definition) is 0. The van der Waals surface area contributed by atoms with E-state index in [0.717, 1.165) is 71.0 Å². The zero-order valence-electron chi connectivity index (χ0n) is 41.8. The largest absolute Gasteiger partial charge is 0.465 e. The lowest BCUT2D eigenvalue weighted by Gasteiger charge is -2.38. The molecule has 0 aromatic carbocycles. The van der Waals surface area contributed by atoms with Gasteiger partial charge in [-0.25, -0.2) is 0 Å². The van der Waals surface area contributed by atoms with E-state index in [4.69, 9.17) is 14.2 Å². The van der Waals surface area contributed by atoms with Crippen molar-refractivity contribution in [2.24, 2.45) is 5.92 Å². The van der Waals surface area contributed by atoms with Crippen LogP contribution >= 0.6 is 0 Å². The Bertz CT molecular complexity index is 1220. The van der Waals surface area contributed by atoms with Crippen LogP contribution in [0.5, 0.6) is 0 Å². The van der Waals surface area contributed by atoms with Crippen molar-refractivity contribution >= 4 is 11.9 Å². The Morgan fingerprint density at radius 1 is 0.635 bits per heavy atom. The second kappa shape index (κ2) is 39.0. The van der Waals surface area contributed by atoms with Gasteiger partial charge in [0.25, 0.3) is 0 Å². The summed E-state index contributed by atoms with van der Waals surface area (Å²) in [6, 6.07) is 0. The highest BCUT2D eigenvalue weighted by atomic mass is 16.7. The van der Waals surface area contributed by atoms with Crippen LogP contribution in [0.2, 0.25) is 0 Å². The van der Waals surface area contributed by atoms with Crippen molar-refractivity contribution in [1.82, 2.24) is 14.7 Å². The third-order valence-electron chi connectivity index (χ3n) is 12.9. The van der Waals surface area contributed by atoms with Gasteiger partial charge in [0.05, 0.1) is 25.2 Å². The highest BCUT2D eigenvalue weighted by molar-refractivity contribution is 5.76. The Labute approximate surface area is 389 Å². The molecular formula is C55H99N3O5. The molecule has 1 spiro atoms. The van der Waals surface area contributed by atoms with Gasteiger partial charge < -0.3 is 28.9 Å². The van der Waals surface area contributed by atoms with Crippen molar-refractivity contribution in [1.29, 1.82) is 0 Å². The van der Waals surface area contributed by atoms with Crippen molar-refractivity contribution < 1.29 is 23.8 Å². The number of unbranched alkanes of at least 4 members (excludes halogenated alkanes) is 17. The molecule has 2 heterocycles. The smallest absolute Gasteiger partial charge is 0.308 e. The number of likely N-dealkylation sites (tertiary alicyclic amines) is 1. The molecular weight excluding hydrogens is 783 g/mol. The number of carbonyl (C=O) groups is 2. The van der Waals surface area contributed by atoms with E-state index in [-0.39, 0.29) is 23.9 Å². The summed E-state index contributed by atoms with van der Waals surface area (Å²) in [5.41, 5.74) is 0. The first kappa shape index (κ1) is 56.9. The minimum Gasteiger partial charge on any atom is -0.465 e. The number of esters is 1. The summed E-state index contributed by atoms with van der Waals surface area (Å²) in [6.07, 6.45) is 52.1. The lowest BCUT2D eigenvalue weighted by Crippen LogP contribution is -2.47. The van der Waals surface area contributed by atoms with E-state index >= 15 is 0 Å².